The van der Waals surface area contributed by atoms with Crippen molar-refractivity contribution in [3.63, 3.8) is 0 Å². The Kier molecular flexibility index (Phi) is 5.99. The summed E-state index contributed by atoms with van der Waals surface area (Å²) in [5.74, 6) is -1.26. The molecule has 2 N–H and O–H groups in total. The topological polar surface area (TPSA) is 63.2 Å². The molecule has 0 radical (unpaired) electrons. The first-order valence-electron chi connectivity index (χ1n) is 7.05. The lowest BCUT2D eigenvalue weighted by Crippen LogP contribution is -2.25. The van der Waals surface area contributed by atoms with Gasteiger partial charge in [-0.15, -0.1) is 0 Å². The average molecular weight is 321 g/mol. The highest BCUT2D eigenvalue weighted by Crippen LogP contribution is 2.19. The number of pyridine rings is 1. The van der Waals surface area contributed by atoms with Crippen molar-refractivity contribution in [3.05, 3.63) is 53.7 Å². The molecule has 0 bridgehead atoms. The number of anilines is 2. The van der Waals surface area contributed by atoms with Crippen LogP contribution in [0.25, 0.3) is 0 Å². The van der Waals surface area contributed by atoms with Gasteiger partial charge < -0.3 is 15.4 Å². The number of rotatable bonds is 7. The summed E-state index contributed by atoms with van der Waals surface area (Å²) >= 11 is 0. The van der Waals surface area contributed by atoms with Gasteiger partial charge in [-0.25, -0.2) is 13.8 Å². The first kappa shape index (κ1) is 16.8. The largest absolute Gasteiger partial charge is 0.385 e. The number of amides is 1. The fourth-order valence-corrected chi connectivity index (χ4v) is 1.85. The molecule has 0 saturated heterocycles. The Morgan fingerprint density at radius 2 is 2.09 bits per heavy atom. The zero-order valence-electron chi connectivity index (χ0n) is 12.6. The Morgan fingerprint density at radius 1 is 1.26 bits per heavy atom. The van der Waals surface area contributed by atoms with E-state index in [1.165, 1.54) is 12.3 Å². The maximum absolute atomic E-state index is 13.5. The molecule has 2 rings (SSSR count). The lowest BCUT2D eigenvalue weighted by Gasteiger charge is -2.08. The molecule has 0 atom stereocenters. The van der Waals surface area contributed by atoms with Crippen LogP contribution in [-0.4, -0.2) is 31.2 Å². The predicted octanol–water partition coefficient (Wildman–Crippen LogP) is 2.87. The lowest BCUT2D eigenvalue weighted by molar-refractivity contribution is 0.0948. The molecule has 1 amide bonds. The quantitative estimate of drug-likeness (QED) is 0.770. The molecule has 122 valence electrons. The van der Waals surface area contributed by atoms with Crippen LogP contribution in [0, 0.1) is 11.6 Å². The van der Waals surface area contributed by atoms with Crippen LogP contribution in [0.4, 0.5) is 20.3 Å². The zero-order valence-corrected chi connectivity index (χ0v) is 12.6. The highest BCUT2D eigenvalue weighted by molar-refractivity contribution is 5.94. The number of hydrogen-bond donors (Lipinski definition) is 2. The van der Waals surface area contributed by atoms with Crippen LogP contribution in [0.3, 0.4) is 0 Å². The van der Waals surface area contributed by atoms with Crippen molar-refractivity contribution < 1.29 is 18.3 Å². The number of methoxy groups -OCH3 is 1. The first-order valence-corrected chi connectivity index (χ1v) is 7.05. The summed E-state index contributed by atoms with van der Waals surface area (Å²) in [7, 11) is 1.60. The second-order valence-electron chi connectivity index (χ2n) is 4.78. The van der Waals surface area contributed by atoms with E-state index in [0.29, 0.717) is 24.5 Å². The van der Waals surface area contributed by atoms with Crippen LogP contribution in [-0.2, 0) is 4.74 Å². The minimum Gasteiger partial charge on any atom is -0.385 e. The van der Waals surface area contributed by atoms with E-state index >= 15 is 0 Å². The summed E-state index contributed by atoms with van der Waals surface area (Å²) in [6.45, 7) is 1.08. The molecule has 7 heteroatoms. The van der Waals surface area contributed by atoms with Gasteiger partial charge in [0.1, 0.15) is 17.5 Å². The molecule has 2 aromatic rings. The number of nitrogens with one attached hydrogen (secondary N) is 2. The van der Waals surface area contributed by atoms with E-state index in [4.69, 9.17) is 4.74 Å². The SMILES string of the molecule is COCCCNC(=O)c1ccc(Nc2ccc(F)cc2F)nc1. The number of ether oxygens (including phenoxy) is 1. The van der Waals surface area contributed by atoms with E-state index in [1.807, 2.05) is 0 Å². The highest BCUT2D eigenvalue weighted by atomic mass is 19.1. The maximum atomic E-state index is 13.5. The van der Waals surface area contributed by atoms with Gasteiger partial charge in [0, 0.05) is 32.5 Å². The van der Waals surface area contributed by atoms with Crippen LogP contribution < -0.4 is 10.6 Å². The molecule has 0 aliphatic carbocycles. The van der Waals surface area contributed by atoms with Crippen LogP contribution in [0.5, 0.6) is 0 Å². The maximum Gasteiger partial charge on any atom is 0.252 e. The normalized spacial score (nSPS) is 10.4. The van der Waals surface area contributed by atoms with Crippen molar-refractivity contribution >= 4 is 17.4 Å². The van der Waals surface area contributed by atoms with Crippen molar-refractivity contribution in [2.45, 2.75) is 6.42 Å². The second-order valence-corrected chi connectivity index (χ2v) is 4.78. The average Bonchev–Trinajstić information content (AvgIpc) is 2.55. The van der Waals surface area contributed by atoms with E-state index in [0.717, 1.165) is 18.6 Å². The van der Waals surface area contributed by atoms with Crippen LogP contribution >= 0.6 is 0 Å². The summed E-state index contributed by atoms with van der Waals surface area (Å²) in [4.78, 5) is 15.9. The van der Waals surface area contributed by atoms with Gasteiger partial charge in [-0.3, -0.25) is 4.79 Å². The molecule has 23 heavy (non-hydrogen) atoms. The smallest absolute Gasteiger partial charge is 0.252 e. The van der Waals surface area contributed by atoms with E-state index < -0.39 is 11.6 Å². The molecule has 0 saturated carbocycles. The van der Waals surface area contributed by atoms with E-state index in [9.17, 15) is 13.6 Å². The standard InChI is InChI=1S/C16H17F2N3O2/c1-23-8-2-7-19-16(22)11-3-6-15(20-10-11)21-14-5-4-12(17)9-13(14)18/h3-6,9-10H,2,7-8H2,1H3,(H,19,22)(H,20,21). The third-order valence-electron chi connectivity index (χ3n) is 3.03. The van der Waals surface area contributed by atoms with Gasteiger partial charge in [-0.1, -0.05) is 0 Å². The first-order chi connectivity index (χ1) is 11.1. The molecule has 1 aromatic carbocycles. The van der Waals surface area contributed by atoms with Crippen LogP contribution in [0.2, 0.25) is 0 Å². The van der Waals surface area contributed by atoms with Gasteiger partial charge in [0.05, 0.1) is 11.3 Å². The second kappa shape index (κ2) is 8.19. The molecule has 0 unspecified atom stereocenters. The minimum absolute atomic E-state index is 0.107. The molecule has 0 spiro atoms. The number of nitrogens with zero attached hydrogens (tertiary/aromatic N) is 1. The molecule has 0 aliphatic heterocycles. The van der Waals surface area contributed by atoms with Crippen LogP contribution in [0.1, 0.15) is 16.8 Å². The predicted molar refractivity (Wildman–Crippen MR) is 82.7 cm³/mol. The monoisotopic (exact) mass is 321 g/mol. The Morgan fingerprint density at radius 3 is 2.74 bits per heavy atom. The lowest BCUT2D eigenvalue weighted by atomic mass is 10.2. The van der Waals surface area contributed by atoms with Crippen molar-refractivity contribution in [1.29, 1.82) is 0 Å². The fraction of sp³-hybridized carbons (Fsp3) is 0.250. The molecule has 1 aromatic heterocycles. The van der Waals surface area contributed by atoms with Gasteiger partial charge in [0.15, 0.2) is 0 Å². The summed E-state index contributed by atoms with van der Waals surface area (Å²) < 4.78 is 31.3. The number of carbonyl (C=O) groups is 1. The number of halogens is 2. The van der Waals surface area contributed by atoms with Gasteiger partial charge >= 0.3 is 0 Å². The number of hydrogen-bond acceptors (Lipinski definition) is 4. The molecule has 0 fully saturated rings. The summed E-state index contributed by atoms with van der Waals surface area (Å²) in [6, 6.07) is 6.33. The molecular formula is C16H17F2N3O2. The van der Waals surface area contributed by atoms with Gasteiger partial charge in [0.25, 0.3) is 5.91 Å². The van der Waals surface area contributed by atoms with Crippen molar-refractivity contribution in [3.8, 4) is 0 Å². The van der Waals surface area contributed by atoms with Crippen molar-refractivity contribution in [2.75, 3.05) is 25.6 Å². The van der Waals surface area contributed by atoms with Crippen molar-refractivity contribution in [1.82, 2.24) is 10.3 Å². The fourth-order valence-electron chi connectivity index (χ4n) is 1.85. The Bertz CT molecular complexity index is 663. The van der Waals surface area contributed by atoms with Crippen LogP contribution in [0.15, 0.2) is 36.5 Å². The third kappa shape index (κ3) is 5.00. The van der Waals surface area contributed by atoms with Gasteiger partial charge in [0.2, 0.25) is 0 Å². The van der Waals surface area contributed by atoms with Gasteiger partial charge in [-0.2, -0.15) is 0 Å². The molecule has 0 aliphatic rings. The van der Waals surface area contributed by atoms with E-state index in [-0.39, 0.29) is 11.6 Å². The number of aromatic nitrogens is 1. The van der Waals surface area contributed by atoms with Gasteiger partial charge in [-0.05, 0) is 30.7 Å². The molecular weight excluding hydrogens is 304 g/mol. The number of carbonyl (C=O) groups excluding carboxylic acids is 1. The third-order valence-corrected chi connectivity index (χ3v) is 3.03. The van der Waals surface area contributed by atoms with Crippen molar-refractivity contribution in [2.24, 2.45) is 0 Å². The van der Waals surface area contributed by atoms with E-state index in [1.54, 1.807) is 19.2 Å². The summed E-state index contributed by atoms with van der Waals surface area (Å²) in [5, 5.41) is 5.46. The molecule has 5 nitrogen and oxygen atoms in total. The summed E-state index contributed by atoms with van der Waals surface area (Å²) in [5.41, 5.74) is 0.503. The Balaban J connectivity index is 1.95. The Labute approximate surface area is 132 Å². The zero-order chi connectivity index (χ0) is 16.7. The summed E-state index contributed by atoms with van der Waals surface area (Å²) in [6.07, 6.45) is 2.11. The minimum atomic E-state index is -0.716. The number of benzene rings is 1. The van der Waals surface area contributed by atoms with E-state index in [2.05, 4.69) is 15.6 Å². The Hall–Kier alpha value is -2.54. The molecule has 1 heterocycles. The highest BCUT2D eigenvalue weighted by Gasteiger charge is 2.07.